The van der Waals surface area contributed by atoms with Gasteiger partial charge in [-0.05, 0) is 12.5 Å². The topological polar surface area (TPSA) is 49.8 Å². The van der Waals surface area contributed by atoms with Gasteiger partial charge in [0, 0.05) is 6.04 Å². The number of hydrogen-bond acceptors (Lipinski definition) is 3. The predicted molar refractivity (Wildman–Crippen MR) is 53.6 cm³/mol. The molecule has 0 fully saturated rings. The Morgan fingerprint density at radius 2 is 1.83 bits per heavy atom. The molecule has 2 nitrogen and oxygen atoms in total. The molecule has 0 aliphatic heterocycles. The number of nitrogens with zero attached hydrogens (tertiary/aromatic N) is 1. The van der Waals surface area contributed by atoms with Gasteiger partial charge >= 0.3 is 0 Å². The molecule has 0 radical (unpaired) electrons. The molecular formula is C9H12N2S. The van der Waals surface area contributed by atoms with Crippen LogP contribution in [0.4, 0.5) is 0 Å². The maximum absolute atomic E-state index is 7.18. The fraction of sp³-hybridized carbons (Fsp3) is 0.222. The molecule has 1 aromatic rings. The molecule has 2 N–H and O–H groups in total. The number of nitrogens with two attached hydrogens (primary N) is 1. The second kappa shape index (κ2) is 6.71. The van der Waals surface area contributed by atoms with Crippen molar-refractivity contribution in [1.82, 2.24) is 0 Å². The minimum absolute atomic E-state index is 0.159. The van der Waals surface area contributed by atoms with E-state index in [-0.39, 0.29) is 6.04 Å². The molecule has 1 unspecified atom stereocenters. The summed E-state index contributed by atoms with van der Waals surface area (Å²) in [5.74, 6) is 0. The minimum Gasteiger partial charge on any atom is -0.324 e. The van der Waals surface area contributed by atoms with Gasteiger partial charge in [-0.3, -0.25) is 0 Å². The first-order valence-electron chi connectivity index (χ1n) is 3.56. The molecule has 3 heteroatoms. The van der Waals surface area contributed by atoms with E-state index in [1.807, 2.05) is 37.3 Å². The zero-order chi connectivity index (χ0) is 9.40. The van der Waals surface area contributed by atoms with Gasteiger partial charge in [0.05, 0.1) is 0 Å². The van der Waals surface area contributed by atoms with Gasteiger partial charge in [0.15, 0.2) is 0 Å². The van der Waals surface area contributed by atoms with Gasteiger partial charge in [0.1, 0.15) is 5.40 Å². The van der Waals surface area contributed by atoms with E-state index >= 15 is 0 Å². The maximum Gasteiger partial charge on any atom is 0.130 e. The van der Waals surface area contributed by atoms with Gasteiger partial charge in [-0.2, -0.15) is 5.26 Å². The number of rotatable bonds is 1. The first-order valence-corrected chi connectivity index (χ1v) is 4.00. The normalized spacial score (nSPS) is 10.5. The van der Waals surface area contributed by atoms with Crippen molar-refractivity contribution in [2.75, 3.05) is 0 Å². The summed E-state index contributed by atoms with van der Waals surface area (Å²) in [6.45, 7) is 1.98. The molecule has 1 atom stereocenters. The summed E-state index contributed by atoms with van der Waals surface area (Å²) in [4.78, 5) is 0. The first-order chi connectivity index (χ1) is 5.72. The minimum atomic E-state index is 0.159. The van der Waals surface area contributed by atoms with Crippen LogP contribution in [-0.4, -0.2) is 0 Å². The summed E-state index contributed by atoms with van der Waals surface area (Å²) in [5.41, 5.74) is 6.81. The van der Waals surface area contributed by atoms with Gasteiger partial charge in [0.2, 0.25) is 0 Å². The molecule has 0 spiro atoms. The van der Waals surface area contributed by atoms with Crippen molar-refractivity contribution in [3.8, 4) is 5.40 Å². The van der Waals surface area contributed by atoms with Crippen LogP contribution in [0.3, 0.4) is 0 Å². The number of thiocyanates is 1. The summed E-state index contributed by atoms with van der Waals surface area (Å²) in [6, 6.07) is 10.2. The molecule has 1 rings (SSSR count). The van der Waals surface area contributed by atoms with E-state index in [0.717, 1.165) is 0 Å². The summed E-state index contributed by atoms with van der Waals surface area (Å²) < 4.78 is 0. The third-order valence-corrected chi connectivity index (χ3v) is 1.33. The van der Waals surface area contributed by atoms with Crippen LogP contribution in [-0.2, 0) is 0 Å². The van der Waals surface area contributed by atoms with E-state index in [2.05, 4.69) is 12.6 Å². The van der Waals surface area contributed by atoms with Crippen molar-refractivity contribution >= 4 is 12.6 Å². The highest BCUT2D eigenvalue weighted by atomic mass is 32.1. The second-order valence-electron chi connectivity index (χ2n) is 2.30. The van der Waals surface area contributed by atoms with Crippen LogP contribution < -0.4 is 5.73 Å². The average molecular weight is 180 g/mol. The van der Waals surface area contributed by atoms with Crippen molar-refractivity contribution in [1.29, 1.82) is 5.26 Å². The lowest BCUT2D eigenvalue weighted by Crippen LogP contribution is -2.03. The quantitative estimate of drug-likeness (QED) is 0.513. The zero-order valence-electron chi connectivity index (χ0n) is 6.94. The second-order valence-corrected chi connectivity index (χ2v) is 2.50. The first kappa shape index (κ1) is 11.0. The molecule has 0 bridgehead atoms. The van der Waals surface area contributed by atoms with E-state index < -0.39 is 0 Å². The molecule has 0 heterocycles. The third kappa shape index (κ3) is 4.78. The highest BCUT2D eigenvalue weighted by Crippen LogP contribution is 2.06. The Bertz CT molecular complexity index is 238. The lowest BCUT2D eigenvalue weighted by molar-refractivity contribution is 0.818. The van der Waals surface area contributed by atoms with E-state index in [0.29, 0.717) is 0 Å². The van der Waals surface area contributed by atoms with E-state index in [4.69, 9.17) is 11.0 Å². The van der Waals surface area contributed by atoms with E-state index in [1.165, 1.54) is 11.0 Å². The monoisotopic (exact) mass is 180 g/mol. The molecule has 0 amide bonds. The van der Waals surface area contributed by atoms with Crippen molar-refractivity contribution in [2.24, 2.45) is 5.73 Å². The molecule has 0 aromatic heterocycles. The molecule has 0 aliphatic rings. The molecular weight excluding hydrogens is 168 g/mol. The molecule has 0 aliphatic carbocycles. The number of benzene rings is 1. The van der Waals surface area contributed by atoms with Crippen LogP contribution >= 0.6 is 12.6 Å². The SMILES string of the molecule is CC(N)c1ccccc1.N#CS. The smallest absolute Gasteiger partial charge is 0.130 e. The average Bonchev–Trinajstić information content (AvgIpc) is 2.07. The summed E-state index contributed by atoms with van der Waals surface area (Å²) >= 11 is 3.09. The Kier molecular flexibility index (Phi) is 6.16. The highest BCUT2D eigenvalue weighted by Gasteiger charge is 1.93. The summed E-state index contributed by atoms with van der Waals surface area (Å²) in [7, 11) is 0. The maximum atomic E-state index is 7.18. The fourth-order valence-corrected chi connectivity index (χ4v) is 0.757. The summed E-state index contributed by atoms with van der Waals surface area (Å²) in [6.07, 6.45) is 0. The van der Waals surface area contributed by atoms with Crippen LogP contribution in [0.1, 0.15) is 18.5 Å². The Labute approximate surface area is 78.4 Å². The van der Waals surface area contributed by atoms with Gasteiger partial charge in [-0.15, -0.1) is 0 Å². The largest absolute Gasteiger partial charge is 0.324 e. The van der Waals surface area contributed by atoms with Crippen molar-refractivity contribution in [2.45, 2.75) is 13.0 Å². The van der Waals surface area contributed by atoms with Crippen molar-refractivity contribution in [3.05, 3.63) is 35.9 Å². The lowest BCUT2D eigenvalue weighted by atomic mass is 10.1. The third-order valence-electron chi connectivity index (χ3n) is 1.33. The van der Waals surface area contributed by atoms with Gasteiger partial charge in [-0.1, -0.05) is 43.0 Å². The standard InChI is InChI=1S/C8H11N.CHNS/c1-7(9)8-5-3-2-4-6-8;2-1-3/h2-7H,9H2,1H3;3H. The van der Waals surface area contributed by atoms with Crippen LogP contribution in [0.5, 0.6) is 0 Å². The summed E-state index contributed by atoms with van der Waals surface area (Å²) in [5, 5.41) is 8.63. The Balaban J connectivity index is 0.000000354. The molecule has 0 saturated heterocycles. The van der Waals surface area contributed by atoms with Crippen LogP contribution in [0.25, 0.3) is 0 Å². The van der Waals surface area contributed by atoms with Gasteiger partial charge in [-0.25, -0.2) is 0 Å². The van der Waals surface area contributed by atoms with Crippen LogP contribution in [0.15, 0.2) is 30.3 Å². The number of thiol groups is 1. The van der Waals surface area contributed by atoms with Gasteiger partial charge in [0.25, 0.3) is 0 Å². The van der Waals surface area contributed by atoms with Crippen molar-refractivity contribution in [3.63, 3.8) is 0 Å². The van der Waals surface area contributed by atoms with Crippen LogP contribution in [0.2, 0.25) is 0 Å². The van der Waals surface area contributed by atoms with E-state index in [9.17, 15) is 0 Å². The number of hydrogen-bond donors (Lipinski definition) is 2. The van der Waals surface area contributed by atoms with Crippen molar-refractivity contribution < 1.29 is 0 Å². The van der Waals surface area contributed by atoms with Crippen LogP contribution in [0, 0.1) is 10.7 Å². The molecule has 1 aromatic carbocycles. The molecule has 64 valence electrons. The Morgan fingerprint density at radius 3 is 2.08 bits per heavy atom. The lowest BCUT2D eigenvalue weighted by Gasteiger charge is -2.02. The van der Waals surface area contributed by atoms with Gasteiger partial charge < -0.3 is 5.73 Å². The molecule has 12 heavy (non-hydrogen) atoms. The van der Waals surface area contributed by atoms with E-state index in [1.54, 1.807) is 0 Å². The predicted octanol–water partition coefficient (Wildman–Crippen LogP) is 2.10. The Hall–Kier alpha value is -0.980. The molecule has 0 saturated carbocycles. The number of nitriles is 1. The highest BCUT2D eigenvalue weighted by molar-refractivity contribution is 7.85. The Morgan fingerprint density at radius 1 is 1.42 bits per heavy atom. The zero-order valence-corrected chi connectivity index (χ0v) is 7.83. The fourth-order valence-electron chi connectivity index (χ4n) is 0.757.